The van der Waals surface area contributed by atoms with E-state index in [1.165, 1.54) is 22.2 Å². The van der Waals surface area contributed by atoms with Gasteiger partial charge >= 0.3 is 0 Å². The Hall–Kier alpha value is -1.97. The molecule has 2 amide bonds. The molecule has 0 aliphatic carbocycles. The van der Waals surface area contributed by atoms with Gasteiger partial charge < -0.3 is 10.1 Å². The monoisotopic (exact) mass is 425 g/mol. The molecule has 29 heavy (non-hydrogen) atoms. The van der Waals surface area contributed by atoms with Gasteiger partial charge in [-0.3, -0.25) is 14.5 Å². The van der Waals surface area contributed by atoms with Crippen LogP contribution in [0, 0.1) is 0 Å². The number of benzene rings is 1. The van der Waals surface area contributed by atoms with Gasteiger partial charge in [0, 0.05) is 51.9 Å². The van der Waals surface area contributed by atoms with Crippen LogP contribution in [0.4, 0.5) is 5.69 Å². The molecule has 0 aromatic heterocycles. The molecule has 9 heteroatoms. The number of nitrogens with one attached hydrogen (secondary N) is 1. The molecule has 0 bridgehead atoms. The van der Waals surface area contributed by atoms with Crippen LogP contribution in [-0.4, -0.2) is 63.4 Å². The molecule has 1 atom stereocenters. The molecule has 0 unspecified atom stereocenters. The van der Waals surface area contributed by atoms with Gasteiger partial charge in [-0.1, -0.05) is 13.8 Å². The minimum absolute atomic E-state index is 0.182. The first-order chi connectivity index (χ1) is 13.8. The minimum Gasteiger partial charge on any atom is -0.382 e. The first-order valence-corrected chi connectivity index (χ1v) is 11.5. The third kappa shape index (κ3) is 5.15. The van der Waals surface area contributed by atoms with Gasteiger partial charge in [-0.2, -0.15) is 4.31 Å². The first kappa shape index (κ1) is 23.3. The van der Waals surface area contributed by atoms with Crippen molar-refractivity contribution in [2.24, 2.45) is 0 Å². The maximum Gasteiger partial charge on any atom is 0.243 e. The second-order valence-corrected chi connectivity index (χ2v) is 8.77. The van der Waals surface area contributed by atoms with Crippen LogP contribution in [0.3, 0.4) is 0 Å². The van der Waals surface area contributed by atoms with Crippen LogP contribution in [0.15, 0.2) is 23.1 Å². The molecule has 8 nitrogen and oxygen atoms in total. The fourth-order valence-electron chi connectivity index (χ4n) is 3.55. The highest BCUT2D eigenvalue weighted by atomic mass is 32.2. The Balaban J connectivity index is 2.22. The van der Waals surface area contributed by atoms with Gasteiger partial charge in [-0.25, -0.2) is 8.42 Å². The van der Waals surface area contributed by atoms with Crippen molar-refractivity contribution < 1.29 is 22.7 Å². The summed E-state index contributed by atoms with van der Waals surface area (Å²) in [6.07, 6.45) is 0.972. The second kappa shape index (κ2) is 10.2. The molecule has 0 saturated carbocycles. The smallest absolute Gasteiger partial charge is 0.243 e. The summed E-state index contributed by atoms with van der Waals surface area (Å²) in [5.41, 5.74) is 1.27. The predicted octanol–water partition coefficient (Wildman–Crippen LogP) is 1.54. The number of carbonyl (C=O) groups excluding carboxylic acids is 2. The molecule has 1 aromatic carbocycles. The van der Waals surface area contributed by atoms with E-state index in [2.05, 4.69) is 5.32 Å². The van der Waals surface area contributed by atoms with Crippen molar-refractivity contribution >= 4 is 27.5 Å². The number of anilines is 1. The summed E-state index contributed by atoms with van der Waals surface area (Å²) >= 11 is 0. The summed E-state index contributed by atoms with van der Waals surface area (Å²) in [4.78, 5) is 26.5. The normalized spacial score (nSPS) is 16.2. The highest BCUT2D eigenvalue weighted by Gasteiger charge is 2.37. The Morgan fingerprint density at radius 2 is 1.93 bits per heavy atom. The topological polar surface area (TPSA) is 96.0 Å². The van der Waals surface area contributed by atoms with Crippen LogP contribution in [0.25, 0.3) is 0 Å². The van der Waals surface area contributed by atoms with Crippen molar-refractivity contribution in [3.8, 4) is 0 Å². The van der Waals surface area contributed by atoms with Crippen molar-refractivity contribution in [2.45, 2.75) is 51.5 Å². The molecule has 0 radical (unpaired) electrons. The number of hydrogen-bond acceptors (Lipinski definition) is 5. The van der Waals surface area contributed by atoms with Gasteiger partial charge in [-0.05, 0) is 37.1 Å². The highest BCUT2D eigenvalue weighted by Crippen LogP contribution is 2.34. The lowest BCUT2D eigenvalue weighted by Crippen LogP contribution is -2.47. The summed E-state index contributed by atoms with van der Waals surface area (Å²) in [5, 5.41) is 2.85. The van der Waals surface area contributed by atoms with E-state index in [1.807, 2.05) is 6.92 Å². The maximum atomic E-state index is 12.8. The number of amides is 2. The van der Waals surface area contributed by atoms with Gasteiger partial charge in [0.25, 0.3) is 0 Å². The number of fused-ring (bicyclic) bond motifs is 1. The Morgan fingerprint density at radius 1 is 1.24 bits per heavy atom. The van der Waals surface area contributed by atoms with Crippen molar-refractivity contribution in [1.82, 2.24) is 9.62 Å². The number of ether oxygens (including phenoxy) is 1. The van der Waals surface area contributed by atoms with Gasteiger partial charge in [0.1, 0.15) is 6.04 Å². The lowest BCUT2D eigenvalue weighted by Gasteiger charge is -2.23. The van der Waals surface area contributed by atoms with E-state index in [9.17, 15) is 18.0 Å². The number of hydrogen-bond donors (Lipinski definition) is 1. The van der Waals surface area contributed by atoms with Crippen LogP contribution < -0.4 is 10.2 Å². The summed E-state index contributed by atoms with van der Waals surface area (Å²) in [7, 11) is -3.61. The first-order valence-electron chi connectivity index (χ1n) is 10.1. The molecule has 1 N–H and O–H groups in total. The second-order valence-electron chi connectivity index (χ2n) is 6.83. The lowest BCUT2D eigenvalue weighted by atomic mass is 10.1. The van der Waals surface area contributed by atoms with E-state index in [1.54, 1.807) is 26.0 Å². The summed E-state index contributed by atoms with van der Waals surface area (Å²) in [6.45, 7) is 9.30. The number of sulfonamides is 1. The highest BCUT2D eigenvalue weighted by molar-refractivity contribution is 7.89. The molecule has 1 heterocycles. The summed E-state index contributed by atoms with van der Waals surface area (Å²) < 4.78 is 32.3. The summed E-state index contributed by atoms with van der Waals surface area (Å²) in [5.74, 6) is -0.501. The predicted molar refractivity (Wildman–Crippen MR) is 111 cm³/mol. The van der Waals surface area contributed by atoms with E-state index < -0.39 is 16.1 Å². The molecular formula is C20H31N3O5S. The van der Waals surface area contributed by atoms with Crippen LogP contribution in [0.1, 0.15) is 39.7 Å². The van der Waals surface area contributed by atoms with Crippen molar-refractivity contribution in [3.05, 3.63) is 23.8 Å². The van der Waals surface area contributed by atoms with E-state index >= 15 is 0 Å². The Kier molecular flexibility index (Phi) is 8.18. The van der Waals surface area contributed by atoms with E-state index in [0.717, 1.165) is 0 Å². The molecule has 0 fully saturated rings. The molecule has 1 aliphatic rings. The third-order valence-electron chi connectivity index (χ3n) is 4.99. The molecule has 2 rings (SSSR count). The zero-order valence-electron chi connectivity index (χ0n) is 17.6. The van der Waals surface area contributed by atoms with Gasteiger partial charge in [0.15, 0.2) is 0 Å². The zero-order chi connectivity index (χ0) is 21.6. The maximum absolute atomic E-state index is 12.8. The lowest BCUT2D eigenvalue weighted by molar-refractivity contribution is -0.125. The SMILES string of the molecule is CCOCCCNC(=O)[C@@H]1Cc2cc(S(=O)(=O)N(CC)CC)ccc2N1C(C)=O. The Bertz CT molecular complexity index is 837. The quantitative estimate of drug-likeness (QED) is 0.574. The molecule has 0 saturated heterocycles. The standard InChI is InChI=1S/C20H31N3O5S/c1-5-22(6-2)29(26,27)17-9-10-18-16(13-17)14-19(23(18)15(4)24)20(25)21-11-8-12-28-7-3/h9-10,13,19H,5-8,11-12,14H2,1-4H3,(H,21,25)/t19-/m0/s1. The van der Waals surface area contributed by atoms with E-state index in [-0.39, 0.29) is 23.1 Å². The van der Waals surface area contributed by atoms with Crippen molar-refractivity contribution in [2.75, 3.05) is 37.7 Å². The van der Waals surface area contributed by atoms with Gasteiger partial charge in [0.05, 0.1) is 4.90 Å². The number of carbonyl (C=O) groups is 2. The summed E-state index contributed by atoms with van der Waals surface area (Å²) in [6, 6.07) is 4.03. The van der Waals surface area contributed by atoms with Crippen LogP contribution in [0.5, 0.6) is 0 Å². The molecule has 0 spiro atoms. The number of rotatable bonds is 10. The van der Waals surface area contributed by atoms with E-state index in [0.29, 0.717) is 50.5 Å². The van der Waals surface area contributed by atoms with E-state index in [4.69, 9.17) is 4.74 Å². The zero-order valence-corrected chi connectivity index (χ0v) is 18.4. The van der Waals surface area contributed by atoms with Crippen LogP contribution >= 0.6 is 0 Å². The van der Waals surface area contributed by atoms with Crippen LogP contribution in [0.2, 0.25) is 0 Å². The molecule has 1 aromatic rings. The van der Waals surface area contributed by atoms with Crippen molar-refractivity contribution in [1.29, 1.82) is 0 Å². The van der Waals surface area contributed by atoms with Gasteiger partial charge in [-0.15, -0.1) is 0 Å². The largest absolute Gasteiger partial charge is 0.382 e. The minimum atomic E-state index is -3.61. The Labute approximate surface area is 173 Å². The van der Waals surface area contributed by atoms with Gasteiger partial charge in [0.2, 0.25) is 21.8 Å². The average Bonchev–Trinajstić information content (AvgIpc) is 3.07. The molecule has 162 valence electrons. The van der Waals surface area contributed by atoms with Crippen LogP contribution in [-0.2, 0) is 30.8 Å². The molecule has 1 aliphatic heterocycles. The fraction of sp³-hybridized carbons (Fsp3) is 0.600. The molecular weight excluding hydrogens is 394 g/mol. The third-order valence-corrected chi connectivity index (χ3v) is 7.04. The fourth-order valence-corrected chi connectivity index (χ4v) is 5.06. The average molecular weight is 426 g/mol. The van der Waals surface area contributed by atoms with Crippen molar-refractivity contribution in [3.63, 3.8) is 0 Å². The Morgan fingerprint density at radius 3 is 2.52 bits per heavy atom. The number of nitrogens with zero attached hydrogens (tertiary/aromatic N) is 2.